The van der Waals surface area contributed by atoms with Crippen molar-refractivity contribution in [3.05, 3.63) is 106 Å². The van der Waals surface area contributed by atoms with E-state index in [9.17, 15) is 4.79 Å². The number of aliphatic imine (C=N–C) groups is 1. The molecule has 2 aromatic heterocycles. The summed E-state index contributed by atoms with van der Waals surface area (Å²) in [6, 6.07) is 16.2. The number of fused-ring (bicyclic) bond motifs is 1. The summed E-state index contributed by atoms with van der Waals surface area (Å²) < 4.78 is 0. The van der Waals surface area contributed by atoms with Gasteiger partial charge in [-0.15, -0.1) is 0 Å². The van der Waals surface area contributed by atoms with E-state index in [0.717, 1.165) is 50.0 Å². The molecule has 7 heteroatoms. The summed E-state index contributed by atoms with van der Waals surface area (Å²) in [5.41, 5.74) is 7.62. The summed E-state index contributed by atoms with van der Waals surface area (Å²) in [7, 11) is 0. The Morgan fingerprint density at radius 1 is 1.08 bits per heavy atom. The fraction of sp³-hybridized carbons (Fsp3) is 0.310. The lowest BCUT2D eigenvalue weighted by molar-refractivity contribution is 0.0950. The van der Waals surface area contributed by atoms with Crippen molar-refractivity contribution in [2.24, 2.45) is 4.99 Å². The van der Waals surface area contributed by atoms with Crippen LogP contribution in [0.1, 0.15) is 65.0 Å². The molecule has 1 aliphatic heterocycles. The molecule has 0 radical (unpaired) electrons. The lowest BCUT2D eigenvalue weighted by Crippen LogP contribution is -2.35. The molecular weight excluding hydrogens is 470 g/mol. The van der Waals surface area contributed by atoms with E-state index in [-0.39, 0.29) is 11.9 Å². The Hall–Kier alpha value is -3.35. The van der Waals surface area contributed by atoms with Gasteiger partial charge in [0.05, 0.1) is 11.7 Å². The van der Waals surface area contributed by atoms with Crippen molar-refractivity contribution in [2.75, 3.05) is 6.54 Å². The molecule has 0 saturated heterocycles. The first-order chi connectivity index (χ1) is 17.5. The molecule has 0 fully saturated rings. The molecular formula is C29H30ClN5O. The second-order valence-corrected chi connectivity index (χ2v) is 9.85. The predicted octanol–water partition coefficient (Wildman–Crippen LogP) is 5.69. The maximum atomic E-state index is 12.5. The molecule has 5 rings (SSSR count). The zero-order valence-corrected chi connectivity index (χ0v) is 21.2. The highest BCUT2D eigenvalue weighted by Gasteiger charge is 2.28. The summed E-state index contributed by atoms with van der Waals surface area (Å²) in [4.78, 5) is 28.6. The van der Waals surface area contributed by atoms with Crippen LogP contribution in [0.2, 0.25) is 5.15 Å². The molecule has 1 aromatic carbocycles. The van der Waals surface area contributed by atoms with Crippen LogP contribution in [0.3, 0.4) is 0 Å². The van der Waals surface area contributed by atoms with Gasteiger partial charge in [0.2, 0.25) is 0 Å². The van der Waals surface area contributed by atoms with Crippen LogP contribution in [0, 0.1) is 0 Å². The maximum Gasteiger partial charge on any atom is 0.251 e. The molecule has 1 atom stereocenters. The number of hydrogen-bond acceptors (Lipinski definition) is 5. The van der Waals surface area contributed by atoms with Crippen molar-refractivity contribution in [3.8, 4) is 0 Å². The van der Waals surface area contributed by atoms with Gasteiger partial charge < -0.3 is 5.32 Å². The van der Waals surface area contributed by atoms with Crippen molar-refractivity contribution in [2.45, 2.75) is 51.7 Å². The van der Waals surface area contributed by atoms with Crippen molar-refractivity contribution >= 4 is 23.2 Å². The minimum atomic E-state index is -0.168. The lowest BCUT2D eigenvalue weighted by Gasteiger charge is -2.35. The minimum absolute atomic E-state index is 0.168. The summed E-state index contributed by atoms with van der Waals surface area (Å²) in [5.74, 6) is -0.168. The number of pyridine rings is 2. The second kappa shape index (κ2) is 11.1. The number of halogens is 1. The molecule has 3 heterocycles. The quantitative estimate of drug-likeness (QED) is 0.404. The number of amides is 1. The standard InChI is InChI=1S/C29H30ClN5O/c1-20-10-11-25(34-20)19-35(26-9-3-7-23-8-4-13-32-28(23)26)18-22-6-2-5-21(15-22)17-33-29(36)24-12-14-31-27(30)16-24/h2,4-6,8,10,12-16,26H,3,7,9,11,17-19H2,1H3,(H,33,36). The fourth-order valence-corrected chi connectivity index (χ4v) is 5.23. The average molecular weight is 500 g/mol. The number of carbonyl (C=O) groups is 1. The summed E-state index contributed by atoms with van der Waals surface area (Å²) in [5, 5.41) is 3.29. The Labute approximate surface area is 217 Å². The van der Waals surface area contributed by atoms with Gasteiger partial charge in [0.1, 0.15) is 5.15 Å². The molecule has 6 nitrogen and oxygen atoms in total. The topological polar surface area (TPSA) is 70.5 Å². The van der Waals surface area contributed by atoms with E-state index in [2.05, 4.69) is 52.5 Å². The van der Waals surface area contributed by atoms with Crippen molar-refractivity contribution in [1.82, 2.24) is 20.2 Å². The number of aromatic nitrogens is 2. The van der Waals surface area contributed by atoms with Gasteiger partial charge in [0, 0.05) is 55.4 Å². The van der Waals surface area contributed by atoms with Crippen molar-refractivity contribution < 1.29 is 4.79 Å². The van der Waals surface area contributed by atoms with Gasteiger partial charge in [-0.25, -0.2) is 4.98 Å². The van der Waals surface area contributed by atoms with Crippen molar-refractivity contribution in [3.63, 3.8) is 0 Å². The largest absolute Gasteiger partial charge is 0.348 e. The van der Waals surface area contributed by atoms with Gasteiger partial charge in [0.15, 0.2) is 0 Å². The van der Waals surface area contributed by atoms with Crippen LogP contribution in [-0.4, -0.2) is 33.0 Å². The fourth-order valence-electron chi connectivity index (χ4n) is 5.06. The monoisotopic (exact) mass is 499 g/mol. The molecule has 1 N–H and O–H groups in total. The molecule has 1 aliphatic carbocycles. The van der Waals surface area contributed by atoms with Gasteiger partial charge in [-0.3, -0.25) is 19.7 Å². The molecule has 1 amide bonds. The summed E-state index contributed by atoms with van der Waals surface area (Å²) in [6.45, 7) is 4.11. The number of allylic oxidation sites excluding steroid dienone is 2. The second-order valence-electron chi connectivity index (χ2n) is 9.46. The minimum Gasteiger partial charge on any atom is -0.348 e. The van der Waals surface area contributed by atoms with Gasteiger partial charge >= 0.3 is 0 Å². The molecule has 3 aromatic rings. The SMILES string of the molecule is CC1=CCC(CN(Cc2cccc(CNC(=O)c3ccnc(Cl)c3)c2)C2CCCc3cccnc32)=N1. The number of aryl methyl sites for hydroxylation is 1. The lowest BCUT2D eigenvalue weighted by atomic mass is 9.90. The third-order valence-electron chi connectivity index (χ3n) is 6.78. The van der Waals surface area contributed by atoms with E-state index in [1.165, 1.54) is 28.7 Å². The molecule has 0 spiro atoms. The van der Waals surface area contributed by atoms with E-state index in [1.54, 1.807) is 12.1 Å². The van der Waals surface area contributed by atoms with Crippen LogP contribution >= 0.6 is 11.6 Å². The third-order valence-corrected chi connectivity index (χ3v) is 6.98. The molecule has 2 aliphatic rings. The number of rotatable bonds is 8. The van der Waals surface area contributed by atoms with E-state index in [4.69, 9.17) is 21.6 Å². The van der Waals surface area contributed by atoms with Gasteiger partial charge in [-0.1, -0.05) is 48.0 Å². The zero-order valence-electron chi connectivity index (χ0n) is 20.5. The Morgan fingerprint density at radius 3 is 2.81 bits per heavy atom. The Kier molecular flexibility index (Phi) is 7.54. The average Bonchev–Trinajstić information content (AvgIpc) is 3.31. The number of benzene rings is 1. The zero-order chi connectivity index (χ0) is 24.9. The summed E-state index contributed by atoms with van der Waals surface area (Å²) >= 11 is 5.93. The Bertz CT molecular complexity index is 1320. The number of nitrogens with zero attached hydrogens (tertiary/aromatic N) is 4. The van der Waals surface area contributed by atoms with E-state index in [0.29, 0.717) is 17.3 Å². The van der Waals surface area contributed by atoms with Crippen LogP contribution in [0.5, 0.6) is 0 Å². The first-order valence-corrected chi connectivity index (χ1v) is 12.8. The van der Waals surface area contributed by atoms with Gasteiger partial charge in [0.25, 0.3) is 5.91 Å². The number of hydrogen-bond donors (Lipinski definition) is 1. The Morgan fingerprint density at radius 2 is 1.97 bits per heavy atom. The first kappa shape index (κ1) is 24.3. The van der Waals surface area contributed by atoms with Gasteiger partial charge in [-0.05, 0) is 61.1 Å². The van der Waals surface area contributed by atoms with E-state index < -0.39 is 0 Å². The highest BCUT2D eigenvalue weighted by Crippen LogP contribution is 2.34. The molecule has 184 valence electrons. The molecule has 0 saturated carbocycles. The van der Waals surface area contributed by atoms with E-state index in [1.807, 2.05) is 18.3 Å². The normalized spacial score (nSPS) is 16.9. The predicted molar refractivity (Wildman–Crippen MR) is 143 cm³/mol. The first-order valence-electron chi connectivity index (χ1n) is 12.4. The van der Waals surface area contributed by atoms with Crippen LogP contribution in [0.4, 0.5) is 0 Å². The molecule has 1 unspecified atom stereocenters. The van der Waals surface area contributed by atoms with Crippen LogP contribution in [0.15, 0.2) is 77.7 Å². The Balaban J connectivity index is 1.32. The highest BCUT2D eigenvalue weighted by molar-refractivity contribution is 6.29. The van der Waals surface area contributed by atoms with Crippen LogP contribution in [-0.2, 0) is 19.5 Å². The van der Waals surface area contributed by atoms with Crippen LogP contribution in [0.25, 0.3) is 0 Å². The smallest absolute Gasteiger partial charge is 0.251 e. The summed E-state index contributed by atoms with van der Waals surface area (Å²) in [6.07, 6.45) is 9.90. The molecule has 0 bridgehead atoms. The third kappa shape index (κ3) is 5.89. The van der Waals surface area contributed by atoms with Crippen LogP contribution < -0.4 is 5.32 Å². The van der Waals surface area contributed by atoms with Gasteiger partial charge in [-0.2, -0.15) is 0 Å². The number of nitrogens with one attached hydrogen (secondary N) is 1. The number of carbonyl (C=O) groups excluding carboxylic acids is 1. The highest BCUT2D eigenvalue weighted by atomic mass is 35.5. The molecule has 36 heavy (non-hydrogen) atoms. The van der Waals surface area contributed by atoms with E-state index >= 15 is 0 Å². The van der Waals surface area contributed by atoms with Crippen molar-refractivity contribution in [1.29, 1.82) is 0 Å². The maximum absolute atomic E-state index is 12.5.